The normalized spacial score (nSPS) is 13.6. The highest BCUT2D eigenvalue weighted by Crippen LogP contribution is 2.28. The molecule has 0 unspecified atom stereocenters. The fraction of sp³-hybridized carbons (Fsp3) is 0.286. The molecule has 4 nitrogen and oxygen atoms in total. The second-order valence-electron chi connectivity index (χ2n) is 4.58. The Hall–Kier alpha value is -2.10. The number of nitrogens with zero attached hydrogens (tertiary/aromatic N) is 1. The maximum absolute atomic E-state index is 10.9. The SMILES string of the molecule is Cc1nc(-c2ccc3c(c2)CCC3)oc1C(=O)O. The number of hydrogen-bond acceptors (Lipinski definition) is 3. The average Bonchev–Trinajstić information content (AvgIpc) is 2.93. The molecule has 1 N–H and O–H groups in total. The monoisotopic (exact) mass is 243 g/mol. The van der Waals surface area contributed by atoms with Crippen LogP contribution in [-0.2, 0) is 12.8 Å². The molecule has 2 aromatic rings. The molecule has 0 radical (unpaired) electrons. The van der Waals surface area contributed by atoms with Gasteiger partial charge in [-0.3, -0.25) is 0 Å². The largest absolute Gasteiger partial charge is 0.475 e. The summed E-state index contributed by atoms with van der Waals surface area (Å²) < 4.78 is 5.31. The fourth-order valence-corrected chi connectivity index (χ4v) is 2.42. The van der Waals surface area contributed by atoms with Crippen LogP contribution in [-0.4, -0.2) is 16.1 Å². The minimum absolute atomic E-state index is 0.0782. The lowest BCUT2D eigenvalue weighted by atomic mass is 10.1. The van der Waals surface area contributed by atoms with E-state index in [2.05, 4.69) is 17.1 Å². The van der Waals surface area contributed by atoms with E-state index in [9.17, 15) is 4.79 Å². The van der Waals surface area contributed by atoms with Gasteiger partial charge in [-0.25, -0.2) is 9.78 Å². The maximum Gasteiger partial charge on any atom is 0.373 e. The number of carboxylic acids is 1. The van der Waals surface area contributed by atoms with E-state index in [1.807, 2.05) is 6.07 Å². The molecule has 0 aliphatic heterocycles. The van der Waals surface area contributed by atoms with Gasteiger partial charge in [-0.1, -0.05) is 6.07 Å². The van der Waals surface area contributed by atoms with Crippen LogP contribution in [0, 0.1) is 6.92 Å². The van der Waals surface area contributed by atoms with Crippen LogP contribution in [0.15, 0.2) is 22.6 Å². The van der Waals surface area contributed by atoms with Crippen molar-refractivity contribution in [3.8, 4) is 11.5 Å². The number of oxazole rings is 1. The molecule has 1 aromatic carbocycles. The van der Waals surface area contributed by atoms with Crippen LogP contribution in [0.5, 0.6) is 0 Å². The molecule has 1 aliphatic rings. The summed E-state index contributed by atoms with van der Waals surface area (Å²) in [7, 11) is 0. The number of carbonyl (C=O) groups is 1. The van der Waals surface area contributed by atoms with Crippen molar-refractivity contribution in [3.05, 3.63) is 40.8 Å². The van der Waals surface area contributed by atoms with E-state index < -0.39 is 5.97 Å². The second-order valence-corrected chi connectivity index (χ2v) is 4.58. The van der Waals surface area contributed by atoms with Gasteiger partial charge in [-0.2, -0.15) is 0 Å². The molecular formula is C14H13NO3. The Morgan fingerprint density at radius 2 is 2.11 bits per heavy atom. The van der Waals surface area contributed by atoms with Gasteiger partial charge in [0.25, 0.3) is 0 Å². The van der Waals surface area contributed by atoms with Crippen LogP contribution in [0.25, 0.3) is 11.5 Å². The summed E-state index contributed by atoms with van der Waals surface area (Å²) in [6, 6.07) is 6.08. The van der Waals surface area contributed by atoms with Crippen molar-refractivity contribution in [2.24, 2.45) is 0 Å². The summed E-state index contributed by atoms with van der Waals surface area (Å²) in [6.45, 7) is 1.64. The Morgan fingerprint density at radius 3 is 2.83 bits per heavy atom. The highest BCUT2D eigenvalue weighted by Gasteiger charge is 2.18. The minimum Gasteiger partial charge on any atom is -0.475 e. The Balaban J connectivity index is 2.05. The van der Waals surface area contributed by atoms with Crippen LogP contribution in [0.4, 0.5) is 0 Å². The number of fused-ring (bicyclic) bond motifs is 1. The summed E-state index contributed by atoms with van der Waals surface area (Å²) in [6.07, 6.45) is 3.39. The fourth-order valence-electron chi connectivity index (χ4n) is 2.42. The highest BCUT2D eigenvalue weighted by atomic mass is 16.4. The van der Waals surface area contributed by atoms with Crippen LogP contribution < -0.4 is 0 Å². The predicted molar refractivity (Wildman–Crippen MR) is 65.7 cm³/mol. The third-order valence-corrected chi connectivity index (χ3v) is 3.34. The van der Waals surface area contributed by atoms with Crippen LogP contribution in [0.1, 0.15) is 33.8 Å². The van der Waals surface area contributed by atoms with Gasteiger partial charge < -0.3 is 9.52 Å². The van der Waals surface area contributed by atoms with Crippen molar-refractivity contribution < 1.29 is 14.3 Å². The van der Waals surface area contributed by atoms with Crippen LogP contribution in [0.2, 0.25) is 0 Å². The van der Waals surface area contributed by atoms with Gasteiger partial charge >= 0.3 is 5.97 Å². The first-order valence-corrected chi connectivity index (χ1v) is 5.98. The summed E-state index contributed by atoms with van der Waals surface area (Å²) in [5.74, 6) is -0.766. The molecule has 1 heterocycles. The number of hydrogen-bond donors (Lipinski definition) is 1. The number of aromatic carboxylic acids is 1. The number of aryl methyl sites for hydroxylation is 3. The first kappa shape index (κ1) is 11.0. The molecule has 0 saturated carbocycles. The Kier molecular flexibility index (Phi) is 2.44. The lowest BCUT2D eigenvalue weighted by Gasteiger charge is -2.00. The topological polar surface area (TPSA) is 63.3 Å². The van der Waals surface area contributed by atoms with Crippen LogP contribution in [0.3, 0.4) is 0 Å². The van der Waals surface area contributed by atoms with Gasteiger partial charge in [0.2, 0.25) is 11.7 Å². The first-order valence-electron chi connectivity index (χ1n) is 5.98. The number of aromatic nitrogens is 1. The molecule has 3 rings (SSSR count). The van der Waals surface area contributed by atoms with Crippen molar-refractivity contribution in [1.82, 2.24) is 4.98 Å². The molecule has 0 amide bonds. The first-order chi connectivity index (χ1) is 8.65. The molecule has 0 atom stereocenters. The smallest absolute Gasteiger partial charge is 0.373 e. The van der Waals surface area contributed by atoms with E-state index in [-0.39, 0.29) is 5.76 Å². The minimum atomic E-state index is -1.08. The zero-order valence-corrected chi connectivity index (χ0v) is 10.1. The van der Waals surface area contributed by atoms with E-state index >= 15 is 0 Å². The molecule has 4 heteroatoms. The third-order valence-electron chi connectivity index (χ3n) is 3.34. The second kappa shape index (κ2) is 3.98. The van der Waals surface area contributed by atoms with Crippen molar-refractivity contribution in [2.75, 3.05) is 0 Å². The molecule has 0 saturated heterocycles. The lowest BCUT2D eigenvalue weighted by Crippen LogP contribution is -1.95. The van der Waals surface area contributed by atoms with Crippen molar-refractivity contribution >= 4 is 5.97 Å². The summed E-state index contributed by atoms with van der Waals surface area (Å²) >= 11 is 0. The third kappa shape index (κ3) is 1.70. The van der Waals surface area contributed by atoms with Crippen molar-refractivity contribution in [2.45, 2.75) is 26.2 Å². The number of benzene rings is 1. The Morgan fingerprint density at radius 1 is 1.33 bits per heavy atom. The van der Waals surface area contributed by atoms with E-state index in [1.54, 1.807) is 6.92 Å². The quantitative estimate of drug-likeness (QED) is 0.880. The Bertz CT molecular complexity index is 628. The van der Waals surface area contributed by atoms with Gasteiger partial charge in [0.15, 0.2) is 0 Å². The molecule has 1 aromatic heterocycles. The van der Waals surface area contributed by atoms with Gasteiger partial charge in [-0.15, -0.1) is 0 Å². The summed E-state index contributed by atoms with van der Waals surface area (Å²) in [4.78, 5) is 15.1. The standard InChI is InChI=1S/C14H13NO3/c1-8-12(14(16)17)18-13(15-8)11-6-5-9-3-2-4-10(9)7-11/h5-7H,2-4H2,1H3,(H,16,17). The molecule has 92 valence electrons. The van der Waals surface area contributed by atoms with Gasteiger partial charge in [-0.05, 0) is 49.4 Å². The van der Waals surface area contributed by atoms with E-state index in [4.69, 9.17) is 9.52 Å². The van der Waals surface area contributed by atoms with Gasteiger partial charge in [0.1, 0.15) is 0 Å². The van der Waals surface area contributed by atoms with Gasteiger partial charge in [0.05, 0.1) is 5.69 Å². The zero-order chi connectivity index (χ0) is 12.7. The van der Waals surface area contributed by atoms with Gasteiger partial charge in [0, 0.05) is 5.56 Å². The molecule has 18 heavy (non-hydrogen) atoms. The summed E-state index contributed by atoms with van der Waals surface area (Å²) in [5.41, 5.74) is 3.96. The van der Waals surface area contributed by atoms with Crippen molar-refractivity contribution in [1.29, 1.82) is 0 Å². The van der Waals surface area contributed by atoms with Crippen molar-refractivity contribution in [3.63, 3.8) is 0 Å². The Labute approximate surface area is 104 Å². The molecular weight excluding hydrogens is 230 g/mol. The lowest BCUT2D eigenvalue weighted by molar-refractivity contribution is 0.0662. The average molecular weight is 243 g/mol. The molecule has 1 aliphatic carbocycles. The molecule has 0 fully saturated rings. The van der Waals surface area contributed by atoms with Crippen LogP contribution >= 0.6 is 0 Å². The molecule has 0 spiro atoms. The highest BCUT2D eigenvalue weighted by molar-refractivity contribution is 5.86. The summed E-state index contributed by atoms with van der Waals surface area (Å²) in [5, 5.41) is 8.95. The van der Waals surface area contributed by atoms with E-state index in [0.717, 1.165) is 18.4 Å². The number of rotatable bonds is 2. The molecule has 0 bridgehead atoms. The van der Waals surface area contributed by atoms with E-state index in [0.29, 0.717) is 11.6 Å². The maximum atomic E-state index is 10.9. The number of carboxylic acid groups (broad SMARTS) is 1. The zero-order valence-electron chi connectivity index (χ0n) is 10.1. The van der Waals surface area contributed by atoms with E-state index in [1.165, 1.54) is 17.5 Å². The predicted octanol–water partition coefficient (Wildman–Crippen LogP) is 2.84.